The van der Waals surface area contributed by atoms with E-state index in [0.717, 1.165) is 0 Å². The van der Waals surface area contributed by atoms with Gasteiger partial charge in [-0.2, -0.15) is 0 Å². The van der Waals surface area contributed by atoms with E-state index in [-0.39, 0.29) is 0 Å². The van der Waals surface area contributed by atoms with Gasteiger partial charge in [-0.05, 0) is 62.0 Å². The van der Waals surface area contributed by atoms with E-state index >= 15 is 0 Å². The van der Waals surface area contributed by atoms with Gasteiger partial charge in [0.1, 0.15) is 31.4 Å². The first-order valence-corrected chi connectivity index (χ1v) is 8.42. The summed E-state index contributed by atoms with van der Waals surface area (Å²) < 4.78 is 0. The molecule has 0 saturated carbocycles. The Bertz CT molecular complexity index is 794. The molecule has 22 heavy (non-hydrogen) atoms. The van der Waals surface area contributed by atoms with Gasteiger partial charge in [-0.15, -0.1) is 5.47 Å². The van der Waals surface area contributed by atoms with Crippen molar-refractivity contribution in [3.63, 3.8) is 0 Å². The molecule has 108 valence electrons. The van der Waals surface area contributed by atoms with Crippen molar-refractivity contribution in [1.29, 1.82) is 0 Å². The molecule has 1 aromatic carbocycles. The first kappa shape index (κ1) is 15.6. The number of allylic oxidation sites excluding steroid dienone is 5. The molecular formula is C18H24B4. The van der Waals surface area contributed by atoms with Gasteiger partial charge in [-0.1, -0.05) is 33.6 Å². The highest BCUT2D eigenvalue weighted by atomic mass is 14.3. The van der Waals surface area contributed by atoms with Crippen LogP contribution in [0, 0.1) is 19.8 Å². The van der Waals surface area contributed by atoms with Crippen molar-refractivity contribution in [3.05, 3.63) is 49.9 Å². The second kappa shape index (κ2) is 5.11. The van der Waals surface area contributed by atoms with Crippen LogP contribution in [0.5, 0.6) is 0 Å². The zero-order valence-corrected chi connectivity index (χ0v) is 15.4. The first-order valence-electron chi connectivity index (χ1n) is 8.42. The first-order chi connectivity index (χ1) is 10.3. The van der Waals surface area contributed by atoms with E-state index in [0.29, 0.717) is 5.92 Å². The van der Waals surface area contributed by atoms with Crippen molar-refractivity contribution in [2.75, 3.05) is 0 Å². The zero-order chi connectivity index (χ0) is 16.3. The summed E-state index contributed by atoms with van der Waals surface area (Å²) in [7, 11) is 9.18. The largest absolute Gasteiger partial charge is 0.139 e. The van der Waals surface area contributed by atoms with Crippen LogP contribution in [0.4, 0.5) is 0 Å². The summed E-state index contributed by atoms with van der Waals surface area (Å²) in [6.45, 7) is 9.17. The van der Waals surface area contributed by atoms with E-state index < -0.39 is 0 Å². The van der Waals surface area contributed by atoms with Crippen LogP contribution < -0.4 is 10.9 Å². The van der Waals surface area contributed by atoms with E-state index in [1.54, 1.807) is 16.6 Å². The Hall–Kier alpha value is -1.30. The standard InChI is InChI=1S/C18H24B4/c1-7-9(3)15(19)17(21)13-6-12-8(2)10(4)16(20)18(22)14(12)5-11(7)13/h5,13H,6,19-22H2,1-4H3. The van der Waals surface area contributed by atoms with Crippen LogP contribution in [-0.4, -0.2) is 31.4 Å². The van der Waals surface area contributed by atoms with Crippen molar-refractivity contribution >= 4 is 48.4 Å². The summed E-state index contributed by atoms with van der Waals surface area (Å²) in [6, 6.07) is 0. The molecule has 4 heteroatoms. The number of hydrogen-bond donors (Lipinski definition) is 0. The van der Waals surface area contributed by atoms with Crippen molar-refractivity contribution in [3.8, 4) is 0 Å². The Morgan fingerprint density at radius 2 is 1.50 bits per heavy atom. The van der Waals surface area contributed by atoms with Crippen molar-refractivity contribution in [2.24, 2.45) is 5.92 Å². The number of rotatable bonds is 0. The molecule has 0 fully saturated rings. The minimum Gasteiger partial charge on any atom is -0.108 e. The Balaban J connectivity index is 2.32. The Kier molecular flexibility index (Phi) is 3.62. The fourth-order valence-corrected chi connectivity index (χ4v) is 4.26. The lowest BCUT2D eigenvalue weighted by molar-refractivity contribution is 0.722. The molecule has 0 spiro atoms. The highest BCUT2D eigenvalue weighted by Crippen LogP contribution is 2.42. The zero-order valence-electron chi connectivity index (χ0n) is 15.4. The summed E-state index contributed by atoms with van der Waals surface area (Å²) >= 11 is 0. The van der Waals surface area contributed by atoms with Crippen LogP contribution in [0.1, 0.15) is 36.1 Å². The maximum Gasteiger partial charge on any atom is 0.139 e. The van der Waals surface area contributed by atoms with Crippen molar-refractivity contribution < 1.29 is 0 Å². The average molecular weight is 284 g/mol. The summed E-state index contributed by atoms with van der Waals surface area (Å²) in [5, 5.41) is 0. The molecule has 1 unspecified atom stereocenters. The molecule has 0 heterocycles. The van der Waals surface area contributed by atoms with E-state index in [1.165, 1.54) is 50.7 Å². The smallest absolute Gasteiger partial charge is 0.108 e. The molecule has 0 bridgehead atoms. The predicted octanol–water partition coefficient (Wildman–Crippen LogP) is -0.796. The fraction of sp³-hybridized carbons (Fsp3) is 0.333. The summed E-state index contributed by atoms with van der Waals surface area (Å²) in [5.41, 5.74) is 16.6. The maximum atomic E-state index is 2.49. The van der Waals surface area contributed by atoms with E-state index in [4.69, 9.17) is 0 Å². The molecule has 3 rings (SSSR count). The van der Waals surface area contributed by atoms with Crippen molar-refractivity contribution in [1.82, 2.24) is 0 Å². The minimum atomic E-state index is 0.580. The van der Waals surface area contributed by atoms with Crippen LogP contribution in [0.2, 0.25) is 0 Å². The van der Waals surface area contributed by atoms with Gasteiger partial charge in [0.25, 0.3) is 0 Å². The Morgan fingerprint density at radius 1 is 0.864 bits per heavy atom. The third kappa shape index (κ3) is 1.96. The normalized spacial score (nSPS) is 20.7. The molecule has 0 N–H and O–H groups in total. The predicted molar refractivity (Wildman–Crippen MR) is 110 cm³/mol. The molecule has 2 aliphatic rings. The van der Waals surface area contributed by atoms with Gasteiger partial charge >= 0.3 is 0 Å². The molecule has 0 nitrogen and oxygen atoms in total. The number of benzene rings is 1. The maximum absolute atomic E-state index is 2.49. The summed E-state index contributed by atoms with van der Waals surface area (Å²) in [4.78, 5) is 0. The number of fused-ring (bicyclic) bond motifs is 2. The molecule has 0 radical (unpaired) electrons. The number of hydrogen-bond acceptors (Lipinski definition) is 0. The van der Waals surface area contributed by atoms with Crippen LogP contribution in [0.25, 0.3) is 6.08 Å². The van der Waals surface area contributed by atoms with Crippen LogP contribution in [0.3, 0.4) is 0 Å². The highest BCUT2D eigenvalue weighted by molar-refractivity contribution is 6.50. The lowest BCUT2D eigenvalue weighted by atomic mass is 9.59. The third-order valence-electron chi connectivity index (χ3n) is 6.63. The SMILES string of the molecule is BC1=C(B)C2Cc3c(C)c(C)c(B)c(B)c3C=C2C(C)=C1C. The molecule has 0 aromatic heterocycles. The lowest BCUT2D eigenvalue weighted by Crippen LogP contribution is -2.35. The monoisotopic (exact) mass is 284 g/mol. The molecule has 0 saturated heterocycles. The Morgan fingerprint density at radius 3 is 2.14 bits per heavy atom. The average Bonchev–Trinajstić information content (AvgIpc) is 2.52. The lowest BCUT2D eigenvalue weighted by Gasteiger charge is -2.36. The van der Waals surface area contributed by atoms with Crippen LogP contribution >= 0.6 is 0 Å². The Labute approximate surface area is 138 Å². The van der Waals surface area contributed by atoms with Gasteiger partial charge in [0.05, 0.1) is 0 Å². The third-order valence-corrected chi connectivity index (χ3v) is 6.63. The van der Waals surface area contributed by atoms with Crippen LogP contribution in [0.15, 0.2) is 27.7 Å². The van der Waals surface area contributed by atoms with Gasteiger partial charge in [0.15, 0.2) is 0 Å². The van der Waals surface area contributed by atoms with Crippen LogP contribution in [-0.2, 0) is 6.42 Å². The fourth-order valence-electron chi connectivity index (χ4n) is 4.26. The van der Waals surface area contributed by atoms with E-state index in [1.807, 2.05) is 0 Å². The molecule has 0 aliphatic heterocycles. The van der Waals surface area contributed by atoms with Gasteiger partial charge in [-0.3, -0.25) is 0 Å². The second-order valence-corrected chi connectivity index (χ2v) is 7.31. The quantitative estimate of drug-likeness (QED) is 0.547. The second-order valence-electron chi connectivity index (χ2n) is 7.31. The molecule has 2 aliphatic carbocycles. The van der Waals surface area contributed by atoms with E-state index in [2.05, 4.69) is 65.2 Å². The molecular weight excluding hydrogens is 259 g/mol. The highest BCUT2D eigenvalue weighted by Gasteiger charge is 2.30. The summed E-state index contributed by atoms with van der Waals surface area (Å²) in [6.07, 6.45) is 3.66. The van der Waals surface area contributed by atoms with E-state index in [9.17, 15) is 0 Å². The van der Waals surface area contributed by atoms with Gasteiger partial charge in [-0.25, -0.2) is 0 Å². The summed E-state index contributed by atoms with van der Waals surface area (Å²) in [5.74, 6) is 0.580. The van der Waals surface area contributed by atoms with Gasteiger partial charge < -0.3 is 0 Å². The topological polar surface area (TPSA) is 0 Å². The minimum absolute atomic E-state index is 0.580. The molecule has 0 amide bonds. The van der Waals surface area contributed by atoms with Gasteiger partial charge in [0, 0.05) is 5.92 Å². The van der Waals surface area contributed by atoms with Crippen molar-refractivity contribution in [2.45, 2.75) is 34.1 Å². The van der Waals surface area contributed by atoms with Gasteiger partial charge in [0.2, 0.25) is 0 Å². The molecule has 1 atom stereocenters. The molecule has 1 aromatic rings.